The monoisotopic (exact) mass is 188 g/mol. The largest absolute Gasteiger partial charge is 0.468 e. The summed E-state index contributed by atoms with van der Waals surface area (Å²) in [5, 5.41) is 0. The molecule has 0 amide bonds. The van der Waals surface area contributed by atoms with Crippen LogP contribution in [-0.2, 0) is 9.53 Å². The van der Waals surface area contributed by atoms with Crippen molar-refractivity contribution in [1.82, 2.24) is 0 Å². The van der Waals surface area contributed by atoms with Crippen LogP contribution in [0.4, 0.5) is 0 Å². The van der Waals surface area contributed by atoms with E-state index in [0.29, 0.717) is 6.42 Å². The average molecular weight is 188 g/mol. The van der Waals surface area contributed by atoms with E-state index < -0.39 is 6.04 Å². The molecular formula is C9H20N2O2. The van der Waals surface area contributed by atoms with Gasteiger partial charge in [-0.15, -0.1) is 0 Å². The Morgan fingerprint density at radius 1 is 1.54 bits per heavy atom. The highest BCUT2D eigenvalue weighted by Crippen LogP contribution is 2.10. The van der Waals surface area contributed by atoms with Crippen LogP contribution in [0.15, 0.2) is 0 Å². The van der Waals surface area contributed by atoms with Gasteiger partial charge >= 0.3 is 5.97 Å². The summed E-state index contributed by atoms with van der Waals surface area (Å²) in [4.78, 5) is 10.9. The van der Waals surface area contributed by atoms with Gasteiger partial charge in [0.25, 0.3) is 0 Å². The van der Waals surface area contributed by atoms with Crippen LogP contribution in [0.3, 0.4) is 0 Å². The van der Waals surface area contributed by atoms with Gasteiger partial charge in [0.1, 0.15) is 6.04 Å². The summed E-state index contributed by atoms with van der Waals surface area (Å²) in [6.45, 7) is 3.91. The minimum absolute atomic E-state index is 0.185. The molecule has 0 aliphatic carbocycles. The molecule has 13 heavy (non-hydrogen) atoms. The van der Waals surface area contributed by atoms with E-state index in [1.165, 1.54) is 7.11 Å². The Bertz CT molecular complexity index is 163. The molecule has 0 heterocycles. The van der Waals surface area contributed by atoms with E-state index in [2.05, 4.69) is 4.74 Å². The number of carbonyl (C=O) groups is 1. The molecule has 0 saturated carbocycles. The number of nitrogens with two attached hydrogens (primary N) is 2. The minimum atomic E-state index is -0.507. The first-order valence-electron chi connectivity index (χ1n) is 4.49. The normalized spacial score (nSPS) is 13.9. The van der Waals surface area contributed by atoms with Crippen LogP contribution in [0.1, 0.15) is 33.1 Å². The zero-order valence-electron chi connectivity index (χ0n) is 8.67. The first-order chi connectivity index (χ1) is 5.87. The van der Waals surface area contributed by atoms with Gasteiger partial charge in [-0.3, -0.25) is 4.79 Å². The Kier molecular flexibility index (Phi) is 4.95. The van der Waals surface area contributed by atoms with Crippen molar-refractivity contribution in [1.29, 1.82) is 0 Å². The van der Waals surface area contributed by atoms with Gasteiger partial charge in [-0.2, -0.15) is 0 Å². The summed E-state index contributed by atoms with van der Waals surface area (Å²) in [6.07, 6.45) is 2.34. The Morgan fingerprint density at radius 2 is 2.08 bits per heavy atom. The quantitative estimate of drug-likeness (QED) is 0.612. The molecule has 4 N–H and O–H groups in total. The molecule has 4 nitrogen and oxygen atoms in total. The van der Waals surface area contributed by atoms with Gasteiger partial charge < -0.3 is 16.2 Å². The fourth-order valence-electron chi connectivity index (χ4n) is 1.05. The second-order valence-corrected chi connectivity index (χ2v) is 4.01. The van der Waals surface area contributed by atoms with Gasteiger partial charge in [0.2, 0.25) is 0 Å². The highest BCUT2D eigenvalue weighted by Gasteiger charge is 2.15. The summed E-state index contributed by atoms with van der Waals surface area (Å²) in [6, 6.07) is -0.507. The number of methoxy groups -OCH3 is 1. The Labute approximate surface area is 79.6 Å². The number of rotatable bonds is 5. The Balaban J connectivity index is 3.59. The predicted molar refractivity (Wildman–Crippen MR) is 52.1 cm³/mol. The zero-order valence-corrected chi connectivity index (χ0v) is 8.67. The maximum absolute atomic E-state index is 10.9. The van der Waals surface area contributed by atoms with E-state index in [0.717, 1.165) is 12.8 Å². The van der Waals surface area contributed by atoms with Crippen molar-refractivity contribution in [3.63, 3.8) is 0 Å². The molecule has 0 rings (SSSR count). The molecule has 0 fully saturated rings. The molecule has 0 aromatic rings. The van der Waals surface area contributed by atoms with Gasteiger partial charge in [0.05, 0.1) is 7.11 Å². The number of esters is 1. The van der Waals surface area contributed by atoms with E-state index in [1.54, 1.807) is 0 Å². The third-order valence-electron chi connectivity index (χ3n) is 1.84. The number of carbonyl (C=O) groups excluding carboxylic acids is 1. The van der Waals surface area contributed by atoms with Crippen molar-refractivity contribution >= 4 is 5.97 Å². The molecule has 1 atom stereocenters. The lowest BCUT2D eigenvalue weighted by atomic mass is 9.97. The standard InChI is InChI=1S/C9H20N2O2/c1-9(2,11)6-4-5-7(10)8(12)13-3/h7H,4-6,10-11H2,1-3H3/t7-/m0/s1. The van der Waals surface area contributed by atoms with Crippen molar-refractivity contribution in [2.45, 2.75) is 44.7 Å². The van der Waals surface area contributed by atoms with E-state index in [-0.39, 0.29) is 11.5 Å². The third kappa shape index (κ3) is 6.54. The average Bonchev–Trinajstić information content (AvgIpc) is 2.00. The van der Waals surface area contributed by atoms with Crippen LogP contribution in [0.25, 0.3) is 0 Å². The van der Waals surface area contributed by atoms with Crippen molar-refractivity contribution in [2.75, 3.05) is 7.11 Å². The van der Waals surface area contributed by atoms with Gasteiger partial charge in [-0.05, 0) is 33.1 Å². The third-order valence-corrected chi connectivity index (χ3v) is 1.84. The van der Waals surface area contributed by atoms with Crippen LogP contribution in [0.2, 0.25) is 0 Å². The van der Waals surface area contributed by atoms with Crippen molar-refractivity contribution < 1.29 is 9.53 Å². The van der Waals surface area contributed by atoms with E-state index in [4.69, 9.17) is 11.5 Å². The molecule has 0 aromatic carbocycles. The van der Waals surface area contributed by atoms with Crippen molar-refractivity contribution in [3.05, 3.63) is 0 Å². The van der Waals surface area contributed by atoms with E-state index in [1.807, 2.05) is 13.8 Å². The number of hydrogen-bond acceptors (Lipinski definition) is 4. The topological polar surface area (TPSA) is 78.3 Å². The molecule has 0 bridgehead atoms. The smallest absolute Gasteiger partial charge is 0.322 e. The summed E-state index contributed by atoms with van der Waals surface area (Å²) < 4.78 is 4.50. The lowest BCUT2D eigenvalue weighted by Crippen LogP contribution is -2.34. The van der Waals surface area contributed by atoms with Crippen molar-refractivity contribution in [3.8, 4) is 0 Å². The minimum Gasteiger partial charge on any atom is -0.468 e. The van der Waals surface area contributed by atoms with Gasteiger partial charge in [0, 0.05) is 5.54 Å². The summed E-state index contributed by atoms with van der Waals surface area (Å²) in [5.41, 5.74) is 11.1. The van der Waals surface area contributed by atoms with Gasteiger partial charge in [-0.25, -0.2) is 0 Å². The van der Waals surface area contributed by atoms with E-state index in [9.17, 15) is 4.79 Å². The Morgan fingerprint density at radius 3 is 2.46 bits per heavy atom. The fourth-order valence-corrected chi connectivity index (χ4v) is 1.05. The molecule has 0 spiro atoms. The lowest BCUT2D eigenvalue weighted by molar-refractivity contribution is -0.142. The number of ether oxygens (including phenoxy) is 1. The van der Waals surface area contributed by atoms with Crippen molar-refractivity contribution in [2.24, 2.45) is 11.5 Å². The van der Waals surface area contributed by atoms with Gasteiger partial charge in [-0.1, -0.05) is 0 Å². The molecule has 0 aliphatic heterocycles. The zero-order chi connectivity index (χ0) is 10.5. The highest BCUT2D eigenvalue weighted by molar-refractivity contribution is 5.75. The molecule has 0 aromatic heterocycles. The number of hydrogen-bond donors (Lipinski definition) is 2. The van der Waals surface area contributed by atoms with Crippen LogP contribution < -0.4 is 11.5 Å². The maximum atomic E-state index is 10.9. The molecule has 0 aliphatic rings. The molecule has 4 heteroatoms. The predicted octanol–water partition coefficient (Wildman–Crippen LogP) is 0.394. The van der Waals surface area contributed by atoms with Crippen LogP contribution in [0, 0.1) is 0 Å². The summed E-state index contributed by atoms with van der Waals surface area (Å²) >= 11 is 0. The molecule has 0 saturated heterocycles. The van der Waals surface area contributed by atoms with Crippen LogP contribution >= 0.6 is 0 Å². The first kappa shape index (κ1) is 12.4. The lowest BCUT2D eigenvalue weighted by Gasteiger charge is -2.18. The van der Waals surface area contributed by atoms with Crippen LogP contribution in [-0.4, -0.2) is 24.7 Å². The summed E-state index contributed by atoms with van der Waals surface area (Å²) in [5.74, 6) is -0.352. The fraction of sp³-hybridized carbons (Fsp3) is 0.889. The highest BCUT2D eigenvalue weighted by atomic mass is 16.5. The molecule has 0 unspecified atom stereocenters. The summed E-state index contributed by atoms with van der Waals surface area (Å²) in [7, 11) is 1.34. The first-order valence-corrected chi connectivity index (χ1v) is 4.49. The molecule has 0 radical (unpaired) electrons. The SMILES string of the molecule is COC(=O)[C@@H](N)CCCC(C)(C)N. The Hall–Kier alpha value is -0.610. The molecular weight excluding hydrogens is 168 g/mol. The maximum Gasteiger partial charge on any atom is 0.322 e. The second kappa shape index (κ2) is 5.19. The second-order valence-electron chi connectivity index (χ2n) is 4.01. The molecule has 78 valence electrons. The van der Waals surface area contributed by atoms with E-state index >= 15 is 0 Å². The van der Waals surface area contributed by atoms with Crippen LogP contribution in [0.5, 0.6) is 0 Å². The van der Waals surface area contributed by atoms with Gasteiger partial charge in [0.15, 0.2) is 0 Å².